The normalized spacial score (nSPS) is 15.3. The molecule has 96 valence electrons. The van der Waals surface area contributed by atoms with Crippen LogP contribution in [0.3, 0.4) is 0 Å². The number of hydrogen-bond donors (Lipinski definition) is 1. The van der Waals surface area contributed by atoms with Crippen molar-refractivity contribution in [3.05, 3.63) is 30.3 Å². The molecule has 1 N–H and O–H groups in total. The molecule has 2 rings (SSSR count). The largest absolute Gasteiger partial charge is 0.497 e. The van der Waals surface area contributed by atoms with Crippen molar-refractivity contribution in [2.45, 2.75) is 0 Å². The van der Waals surface area contributed by atoms with E-state index in [-0.39, 0.29) is 0 Å². The molecular formula is C14H19N3O. The molecule has 0 aliphatic carbocycles. The molecule has 1 fully saturated rings. The maximum atomic E-state index is 5.21. The van der Waals surface area contributed by atoms with Crippen LogP contribution in [0.1, 0.15) is 5.56 Å². The molecule has 1 aliphatic heterocycles. The molecule has 1 heterocycles. The highest BCUT2D eigenvalue weighted by molar-refractivity contribution is 5.74. The van der Waals surface area contributed by atoms with Crippen molar-refractivity contribution in [3.8, 4) is 0 Å². The molecule has 0 bridgehead atoms. The SMILES string of the molecule is C=Nc1ccc(N2CCNCC2)cc1C(=C)OC. The fraction of sp³-hybridized carbons (Fsp3) is 0.357. The Balaban J connectivity index is 2.32. The third kappa shape index (κ3) is 2.54. The molecule has 1 saturated heterocycles. The lowest BCUT2D eigenvalue weighted by atomic mass is 10.1. The summed E-state index contributed by atoms with van der Waals surface area (Å²) in [6.45, 7) is 11.5. The van der Waals surface area contributed by atoms with Gasteiger partial charge in [-0.25, -0.2) is 0 Å². The third-order valence-electron chi connectivity index (χ3n) is 3.18. The van der Waals surface area contributed by atoms with Gasteiger partial charge in [0.05, 0.1) is 12.8 Å². The maximum Gasteiger partial charge on any atom is 0.121 e. The van der Waals surface area contributed by atoms with Gasteiger partial charge in [-0.2, -0.15) is 0 Å². The van der Waals surface area contributed by atoms with E-state index in [2.05, 4.69) is 40.6 Å². The van der Waals surface area contributed by atoms with Gasteiger partial charge in [0.15, 0.2) is 0 Å². The minimum Gasteiger partial charge on any atom is -0.497 e. The lowest BCUT2D eigenvalue weighted by Gasteiger charge is -2.30. The van der Waals surface area contributed by atoms with Crippen molar-refractivity contribution in [3.63, 3.8) is 0 Å². The summed E-state index contributed by atoms with van der Waals surface area (Å²) in [6.07, 6.45) is 0. The van der Waals surface area contributed by atoms with Crippen LogP contribution in [0.5, 0.6) is 0 Å². The Morgan fingerprint density at radius 2 is 2.11 bits per heavy atom. The monoisotopic (exact) mass is 245 g/mol. The Labute approximate surface area is 108 Å². The summed E-state index contributed by atoms with van der Waals surface area (Å²) in [7, 11) is 1.62. The first kappa shape index (κ1) is 12.6. The Morgan fingerprint density at radius 3 is 2.72 bits per heavy atom. The van der Waals surface area contributed by atoms with Gasteiger partial charge in [-0.1, -0.05) is 6.58 Å². The molecule has 1 aromatic rings. The van der Waals surface area contributed by atoms with Crippen molar-refractivity contribution >= 4 is 23.9 Å². The molecule has 4 heteroatoms. The maximum absolute atomic E-state index is 5.21. The minimum absolute atomic E-state index is 0.620. The molecule has 0 spiro atoms. The number of ether oxygens (including phenoxy) is 1. The van der Waals surface area contributed by atoms with E-state index in [1.54, 1.807) is 7.11 Å². The van der Waals surface area contributed by atoms with Gasteiger partial charge in [0.2, 0.25) is 0 Å². The number of methoxy groups -OCH3 is 1. The van der Waals surface area contributed by atoms with Gasteiger partial charge in [-0.05, 0) is 24.9 Å². The number of aliphatic imine (C=N–C) groups is 1. The average molecular weight is 245 g/mol. The molecule has 0 saturated carbocycles. The van der Waals surface area contributed by atoms with Crippen LogP contribution in [-0.2, 0) is 4.74 Å². The molecule has 18 heavy (non-hydrogen) atoms. The molecule has 1 aliphatic rings. The van der Waals surface area contributed by atoms with E-state index in [1.165, 1.54) is 5.69 Å². The van der Waals surface area contributed by atoms with E-state index in [1.807, 2.05) is 6.07 Å². The van der Waals surface area contributed by atoms with E-state index in [0.717, 1.165) is 37.4 Å². The van der Waals surface area contributed by atoms with E-state index in [9.17, 15) is 0 Å². The second-order valence-corrected chi connectivity index (χ2v) is 4.22. The molecule has 4 nitrogen and oxygen atoms in total. The molecular weight excluding hydrogens is 226 g/mol. The smallest absolute Gasteiger partial charge is 0.121 e. The molecule has 0 unspecified atom stereocenters. The number of anilines is 1. The Hall–Kier alpha value is -1.81. The van der Waals surface area contributed by atoms with Crippen LogP contribution in [-0.4, -0.2) is 40.0 Å². The van der Waals surface area contributed by atoms with E-state index < -0.39 is 0 Å². The molecule has 0 atom stereocenters. The number of piperazine rings is 1. The molecule has 0 radical (unpaired) electrons. The third-order valence-corrected chi connectivity index (χ3v) is 3.18. The summed E-state index contributed by atoms with van der Waals surface area (Å²) in [5.74, 6) is 0.620. The number of nitrogens with zero attached hydrogens (tertiary/aromatic N) is 2. The zero-order valence-corrected chi connectivity index (χ0v) is 10.8. The number of rotatable bonds is 4. The van der Waals surface area contributed by atoms with Crippen molar-refractivity contribution < 1.29 is 4.74 Å². The second kappa shape index (κ2) is 5.69. The first-order valence-electron chi connectivity index (χ1n) is 6.06. The predicted molar refractivity (Wildman–Crippen MR) is 76.8 cm³/mol. The first-order chi connectivity index (χ1) is 8.76. The Kier molecular flexibility index (Phi) is 3.99. The molecule has 0 aromatic heterocycles. The van der Waals surface area contributed by atoms with Crippen molar-refractivity contribution in [2.24, 2.45) is 4.99 Å². The quantitative estimate of drug-likeness (QED) is 0.651. The van der Waals surface area contributed by atoms with Crippen LogP contribution in [0, 0.1) is 0 Å². The van der Waals surface area contributed by atoms with Crippen LogP contribution < -0.4 is 10.2 Å². The van der Waals surface area contributed by atoms with E-state index >= 15 is 0 Å². The number of hydrogen-bond acceptors (Lipinski definition) is 4. The van der Waals surface area contributed by atoms with Gasteiger partial charge >= 0.3 is 0 Å². The number of benzene rings is 1. The zero-order chi connectivity index (χ0) is 13.0. The fourth-order valence-electron chi connectivity index (χ4n) is 2.11. The predicted octanol–water partition coefficient (Wildman–Crippen LogP) is 2.05. The van der Waals surface area contributed by atoms with E-state index in [0.29, 0.717) is 5.76 Å². The van der Waals surface area contributed by atoms with Gasteiger partial charge in [-0.3, -0.25) is 4.99 Å². The number of nitrogens with one attached hydrogen (secondary N) is 1. The molecule has 1 aromatic carbocycles. The van der Waals surface area contributed by atoms with Crippen molar-refractivity contribution in [1.82, 2.24) is 5.32 Å². The van der Waals surface area contributed by atoms with Crippen LogP contribution in [0.15, 0.2) is 29.8 Å². The summed E-state index contributed by atoms with van der Waals surface area (Å²) in [4.78, 5) is 6.35. The zero-order valence-electron chi connectivity index (χ0n) is 10.8. The van der Waals surface area contributed by atoms with Gasteiger partial charge in [0.25, 0.3) is 0 Å². The standard InChI is InChI=1S/C14H19N3O/c1-11(18-3)13-10-12(4-5-14(13)15-2)17-8-6-16-7-9-17/h4-5,10,16H,1-2,6-9H2,3H3. The fourth-order valence-corrected chi connectivity index (χ4v) is 2.11. The van der Waals surface area contributed by atoms with E-state index in [4.69, 9.17) is 4.74 Å². The lowest BCUT2D eigenvalue weighted by Crippen LogP contribution is -2.43. The van der Waals surface area contributed by atoms with Gasteiger partial charge < -0.3 is 15.0 Å². The Morgan fingerprint density at radius 1 is 1.39 bits per heavy atom. The Bertz CT molecular complexity index is 450. The summed E-state index contributed by atoms with van der Waals surface area (Å²) in [5, 5.41) is 3.34. The van der Waals surface area contributed by atoms with Crippen LogP contribution in [0.25, 0.3) is 5.76 Å². The first-order valence-corrected chi connectivity index (χ1v) is 6.06. The van der Waals surface area contributed by atoms with Crippen molar-refractivity contribution in [1.29, 1.82) is 0 Å². The summed E-state index contributed by atoms with van der Waals surface area (Å²) < 4.78 is 5.21. The lowest BCUT2D eigenvalue weighted by molar-refractivity contribution is 0.371. The summed E-state index contributed by atoms with van der Waals surface area (Å²) >= 11 is 0. The highest BCUT2D eigenvalue weighted by Crippen LogP contribution is 2.30. The highest BCUT2D eigenvalue weighted by atomic mass is 16.5. The van der Waals surface area contributed by atoms with Crippen LogP contribution >= 0.6 is 0 Å². The average Bonchev–Trinajstić information content (AvgIpc) is 2.46. The van der Waals surface area contributed by atoms with Gasteiger partial charge in [-0.15, -0.1) is 0 Å². The highest BCUT2D eigenvalue weighted by Gasteiger charge is 2.13. The van der Waals surface area contributed by atoms with Crippen LogP contribution in [0.4, 0.5) is 11.4 Å². The van der Waals surface area contributed by atoms with Gasteiger partial charge in [0.1, 0.15) is 5.76 Å². The minimum atomic E-state index is 0.620. The second-order valence-electron chi connectivity index (χ2n) is 4.22. The summed E-state index contributed by atoms with van der Waals surface area (Å²) in [5.41, 5.74) is 2.89. The van der Waals surface area contributed by atoms with Crippen LogP contribution in [0.2, 0.25) is 0 Å². The topological polar surface area (TPSA) is 36.9 Å². The summed E-state index contributed by atoms with van der Waals surface area (Å²) in [6, 6.07) is 6.10. The molecule has 0 amide bonds. The van der Waals surface area contributed by atoms with Crippen molar-refractivity contribution in [2.75, 3.05) is 38.2 Å². The van der Waals surface area contributed by atoms with Gasteiger partial charge in [0, 0.05) is 37.4 Å².